The number of benzene rings is 1. The van der Waals surface area contributed by atoms with Crippen LogP contribution >= 0.6 is 11.8 Å². The van der Waals surface area contributed by atoms with E-state index in [-0.39, 0.29) is 5.82 Å². The predicted molar refractivity (Wildman–Crippen MR) is 30.5 cm³/mol. The highest BCUT2D eigenvalue weighted by molar-refractivity contribution is 8.04. The second-order valence-corrected chi connectivity index (χ2v) is 2.78. The van der Waals surface area contributed by atoms with Gasteiger partial charge in [-0.3, -0.25) is 0 Å². The summed E-state index contributed by atoms with van der Waals surface area (Å²) in [6.45, 7) is 0. The number of hydrogen-bond donors (Lipinski definition) is 0. The van der Waals surface area contributed by atoms with Crippen LogP contribution in [0.2, 0.25) is 0 Å². The number of halogens is 1. The standard InChI is InChI=1S/C6H3FS/c7-4-1-2-5-6(3-4)8-5/h1-3H. The van der Waals surface area contributed by atoms with Crippen molar-refractivity contribution >= 4 is 11.8 Å². The van der Waals surface area contributed by atoms with E-state index < -0.39 is 0 Å². The van der Waals surface area contributed by atoms with Crippen LogP contribution in [0.4, 0.5) is 4.39 Å². The minimum atomic E-state index is -0.131. The van der Waals surface area contributed by atoms with E-state index in [1.165, 1.54) is 11.0 Å². The van der Waals surface area contributed by atoms with Gasteiger partial charge in [0.15, 0.2) is 0 Å². The second kappa shape index (κ2) is 1.26. The van der Waals surface area contributed by atoms with Crippen LogP contribution in [0.3, 0.4) is 0 Å². The molecule has 2 heteroatoms. The number of fused-ring (bicyclic) bond motifs is 1. The summed E-state index contributed by atoms with van der Waals surface area (Å²) in [5.74, 6) is -0.131. The van der Waals surface area contributed by atoms with Crippen molar-refractivity contribution in [2.75, 3.05) is 0 Å². The lowest BCUT2D eigenvalue weighted by molar-refractivity contribution is 0.623. The third kappa shape index (κ3) is 0.530. The normalized spacial score (nSPS) is 13.1. The lowest BCUT2D eigenvalue weighted by Crippen LogP contribution is -1.63. The van der Waals surface area contributed by atoms with E-state index in [9.17, 15) is 4.39 Å². The molecule has 0 amide bonds. The van der Waals surface area contributed by atoms with E-state index in [2.05, 4.69) is 0 Å². The largest absolute Gasteiger partial charge is 0.207 e. The molecule has 0 unspecified atom stereocenters. The van der Waals surface area contributed by atoms with Crippen molar-refractivity contribution in [2.45, 2.75) is 9.79 Å². The Kier molecular flexibility index (Phi) is 0.690. The summed E-state index contributed by atoms with van der Waals surface area (Å²) < 4.78 is 12.2. The molecule has 0 bridgehead atoms. The highest BCUT2D eigenvalue weighted by atomic mass is 32.2. The van der Waals surface area contributed by atoms with Crippen molar-refractivity contribution in [1.82, 2.24) is 0 Å². The molecule has 0 saturated carbocycles. The molecule has 40 valence electrons. The summed E-state index contributed by atoms with van der Waals surface area (Å²) in [6, 6.07) is 4.84. The van der Waals surface area contributed by atoms with E-state index in [4.69, 9.17) is 0 Å². The monoisotopic (exact) mass is 126 g/mol. The molecule has 2 rings (SSSR count). The zero-order valence-electron chi connectivity index (χ0n) is 4.02. The molecule has 0 nitrogen and oxygen atoms in total. The van der Waals surface area contributed by atoms with Gasteiger partial charge in [-0.05, 0) is 18.2 Å². The van der Waals surface area contributed by atoms with Crippen LogP contribution in [-0.4, -0.2) is 0 Å². The molecule has 0 radical (unpaired) electrons. The third-order valence-electron chi connectivity index (χ3n) is 1.08. The minimum Gasteiger partial charge on any atom is -0.207 e. The SMILES string of the molecule is Fc1ccc2c(c1)S2. The zero-order chi connectivity index (χ0) is 5.56. The van der Waals surface area contributed by atoms with Gasteiger partial charge in [-0.1, -0.05) is 11.8 Å². The Labute approximate surface area is 50.7 Å². The molecular formula is C6H3FS. The molecule has 1 aliphatic heterocycles. The maximum absolute atomic E-state index is 12.2. The van der Waals surface area contributed by atoms with E-state index >= 15 is 0 Å². The average Bonchev–Trinajstić information content (AvgIpc) is 2.43. The molecule has 1 aromatic carbocycles. The summed E-state index contributed by atoms with van der Waals surface area (Å²) in [7, 11) is 0. The van der Waals surface area contributed by atoms with Gasteiger partial charge in [0.2, 0.25) is 0 Å². The van der Waals surface area contributed by atoms with Crippen molar-refractivity contribution in [3.63, 3.8) is 0 Å². The molecule has 0 N–H and O–H groups in total. The Morgan fingerprint density at radius 3 is 2.75 bits per heavy atom. The Balaban J connectivity index is 2.64. The molecule has 0 aliphatic carbocycles. The molecular weight excluding hydrogens is 123 g/mol. The van der Waals surface area contributed by atoms with Gasteiger partial charge in [-0.2, -0.15) is 0 Å². The van der Waals surface area contributed by atoms with Crippen molar-refractivity contribution in [2.24, 2.45) is 0 Å². The first-order chi connectivity index (χ1) is 3.86. The lowest BCUT2D eigenvalue weighted by Gasteiger charge is -1.76. The molecule has 0 aromatic heterocycles. The molecule has 1 heterocycles. The highest BCUT2D eigenvalue weighted by Gasteiger charge is 2.17. The van der Waals surface area contributed by atoms with Crippen LogP contribution in [-0.2, 0) is 0 Å². The summed E-state index contributed by atoms with van der Waals surface area (Å²) in [5, 5.41) is 0. The predicted octanol–water partition coefficient (Wildman–Crippen LogP) is 2.29. The molecule has 0 saturated heterocycles. The van der Waals surface area contributed by atoms with Gasteiger partial charge in [0, 0.05) is 9.79 Å². The molecule has 0 atom stereocenters. The van der Waals surface area contributed by atoms with Crippen molar-refractivity contribution < 1.29 is 4.39 Å². The Morgan fingerprint density at radius 1 is 1.25 bits per heavy atom. The van der Waals surface area contributed by atoms with E-state index in [1.807, 2.05) is 0 Å². The first-order valence-corrected chi connectivity index (χ1v) is 3.15. The van der Waals surface area contributed by atoms with Gasteiger partial charge < -0.3 is 0 Å². The fraction of sp³-hybridized carbons (Fsp3) is 0. The maximum atomic E-state index is 12.2. The van der Waals surface area contributed by atoms with Crippen LogP contribution in [0.1, 0.15) is 0 Å². The maximum Gasteiger partial charge on any atom is 0.124 e. The van der Waals surface area contributed by atoms with Crippen LogP contribution < -0.4 is 0 Å². The molecule has 0 spiro atoms. The van der Waals surface area contributed by atoms with Crippen molar-refractivity contribution in [3.05, 3.63) is 24.0 Å². The zero-order valence-corrected chi connectivity index (χ0v) is 4.83. The first kappa shape index (κ1) is 4.39. The van der Waals surface area contributed by atoms with Gasteiger partial charge in [-0.15, -0.1) is 0 Å². The summed E-state index contributed by atoms with van der Waals surface area (Å²) in [6.07, 6.45) is 0. The molecule has 0 fully saturated rings. The van der Waals surface area contributed by atoms with Gasteiger partial charge in [-0.25, -0.2) is 4.39 Å². The Hall–Kier alpha value is -0.500. The Morgan fingerprint density at radius 2 is 2.12 bits per heavy atom. The smallest absolute Gasteiger partial charge is 0.124 e. The third-order valence-corrected chi connectivity index (χ3v) is 2.01. The topological polar surface area (TPSA) is 0 Å². The summed E-state index contributed by atoms with van der Waals surface area (Å²) in [4.78, 5) is 2.30. The quantitative estimate of drug-likeness (QED) is 0.488. The van der Waals surface area contributed by atoms with Gasteiger partial charge in [0.05, 0.1) is 0 Å². The summed E-state index contributed by atoms with van der Waals surface area (Å²) >= 11 is 1.63. The van der Waals surface area contributed by atoms with Crippen molar-refractivity contribution in [3.8, 4) is 0 Å². The Bertz CT molecular complexity index is 231. The van der Waals surface area contributed by atoms with Gasteiger partial charge in [0.1, 0.15) is 5.82 Å². The summed E-state index contributed by atoms with van der Waals surface area (Å²) in [5.41, 5.74) is 0. The number of hydrogen-bond acceptors (Lipinski definition) is 1. The molecule has 1 aliphatic rings. The van der Waals surface area contributed by atoms with E-state index in [0.717, 1.165) is 4.90 Å². The first-order valence-electron chi connectivity index (χ1n) is 2.34. The lowest BCUT2D eigenvalue weighted by atomic mass is 10.4. The van der Waals surface area contributed by atoms with Crippen LogP contribution in [0.5, 0.6) is 0 Å². The average molecular weight is 126 g/mol. The van der Waals surface area contributed by atoms with Crippen LogP contribution in [0.25, 0.3) is 0 Å². The number of rotatable bonds is 0. The van der Waals surface area contributed by atoms with E-state index in [1.54, 1.807) is 23.9 Å². The van der Waals surface area contributed by atoms with Crippen LogP contribution in [0.15, 0.2) is 28.0 Å². The second-order valence-electron chi connectivity index (χ2n) is 1.69. The van der Waals surface area contributed by atoms with Crippen molar-refractivity contribution in [1.29, 1.82) is 0 Å². The fourth-order valence-corrected chi connectivity index (χ4v) is 1.26. The van der Waals surface area contributed by atoms with E-state index in [0.29, 0.717) is 0 Å². The van der Waals surface area contributed by atoms with Gasteiger partial charge in [0.25, 0.3) is 0 Å². The molecule has 8 heavy (non-hydrogen) atoms. The highest BCUT2D eigenvalue weighted by Crippen LogP contribution is 2.47. The fourth-order valence-electron chi connectivity index (χ4n) is 0.638. The minimum absolute atomic E-state index is 0.131. The van der Waals surface area contributed by atoms with Crippen LogP contribution in [0, 0.1) is 5.82 Å². The van der Waals surface area contributed by atoms with Gasteiger partial charge >= 0.3 is 0 Å². The molecule has 1 aromatic rings.